The molecule has 4 heteroatoms. The summed E-state index contributed by atoms with van der Waals surface area (Å²) < 4.78 is 12.3. The van der Waals surface area contributed by atoms with Gasteiger partial charge in [0, 0.05) is 4.90 Å². The van der Waals surface area contributed by atoms with Crippen molar-refractivity contribution in [3.63, 3.8) is 0 Å². The summed E-state index contributed by atoms with van der Waals surface area (Å²) in [6.07, 6.45) is 0. The number of nitrogen functional groups attached to an aromatic ring is 1. The van der Waals surface area contributed by atoms with Gasteiger partial charge in [0.05, 0.1) is 27.3 Å². The molecule has 1 atom stereocenters. The molecule has 0 aliphatic rings. The number of anilines is 1. The van der Waals surface area contributed by atoms with Gasteiger partial charge in [-0.15, -0.1) is 0 Å². The molecule has 2 aromatic rings. The highest BCUT2D eigenvalue weighted by molar-refractivity contribution is 7.84. The minimum Gasteiger partial charge on any atom is -0.398 e. The molecule has 0 fully saturated rings. The highest BCUT2D eigenvalue weighted by Crippen LogP contribution is 2.23. The quantitative estimate of drug-likeness (QED) is 0.853. The molecule has 20 heavy (non-hydrogen) atoms. The summed E-state index contributed by atoms with van der Waals surface area (Å²) in [6.45, 7) is 4.31. The predicted molar refractivity (Wildman–Crippen MR) is 86.5 cm³/mol. The monoisotopic (exact) mass is 307 g/mol. The van der Waals surface area contributed by atoms with Gasteiger partial charge in [0.15, 0.2) is 0 Å². The molecule has 0 spiro atoms. The zero-order chi connectivity index (χ0) is 14.7. The van der Waals surface area contributed by atoms with Crippen molar-refractivity contribution in [1.82, 2.24) is 0 Å². The minimum atomic E-state index is -1.11. The van der Waals surface area contributed by atoms with Crippen LogP contribution in [0.3, 0.4) is 0 Å². The van der Waals surface area contributed by atoms with Gasteiger partial charge in [-0.1, -0.05) is 49.7 Å². The van der Waals surface area contributed by atoms with Crippen LogP contribution in [0.1, 0.15) is 30.9 Å². The molecule has 106 valence electrons. The number of hydrogen-bond acceptors (Lipinski definition) is 2. The van der Waals surface area contributed by atoms with E-state index in [0.717, 1.165) is 5.56 Å². The van der Waals surface area contributed by atoms with Crippen LogP contribution >= 0.6 is 11.6 Å². The summed E-state index contributed by atoms with van der Waals surface area (Å²) in [6, 6.07) is 13.4. The van der Waals surface area contributed by atoms with Crippen LogP contribution in [0, 0.1) is 0 Å². The van der Waals surface area contributed by atoms with Crippen LogP contribution in [-0.4, -0.2) is 4.21 Å². The van der Waals surface area contributed by atoms with E-state index in [1.165, 1.54) is 5.56 Å². The van der Waals surface area contributed by atoms with Gasteiger partial charge in [0.25, 0.3) is 0 Å². The number of nitrogens with two attached hydrogens (primary N) is 1. The molecular formula is C16H18ClNOS. The molecule has 0 bridgehead atoms. The summed E-state index contributed by atoms with van der Waals surface area (Å²) in [4.78, 5) is 0.706. The van der Waals surface area contributed by atoms with Crippen molar-refractivity contribution in [1.29, 1.82) is 0 Å². The van der Waals surface area contributed by atoms with Crippen molar-refractivity contribution in [2.45, 2.75) is 30.4 Å². The maximum Gasteiger partial charge on any atom is 0.0647 e. The van der Waals surface area contributed by atoms with Crippen LogP contribution in [-0.2, 0) is 16.6 Å². The van der Waals surface area contributed by atoms with Crippen LogP contribution in [0.5, 0.6) is 0 Å². The van der Waals surface area contributed by atoms with Gasteiger partial charge in [-0.25, -0.2) is 0 Å². The second-order valence-corrected chi connectivity index (χ2v) is 6.93. The first-order valence-electron chi connectivity index (χ1n) is 6.49. The lowest BCUT2D eigenvalue weighted by Crippen LogP contribution is -1.98. The third kappa shape index (κ3) is 3.62. The molecule has 0 aliphatic heterocycles. The van der Waals surface area contributed by atoms with Gasteiger partial charge >= 0.3 is 0 Å². The summed E-state index contributed by atoms with van der Waals surface area (Å²) in [7, 11) is -1.11. The van der Waals surface area contributed by atoms with Gasteiger partial charge in [0.1, 0.15) is 0 Å². The van der Waals surface area contributed by atoms with Gasteiger partial charge in [-0.05, 0) is 35.2 Å². The summed E-state index contributed by atoms with van der Waals surface area (Å²) in [5.74, 6) is 0.990. The fourth-order valence-electron chi connectivity index (χ4n) is 1.88. The van der Waals surface area contributed by atoms with Crippen LogP contribution in [0.25, 0.3) is 0 Å². The molecule has 0 saturated carbocycles. The largest absolute Gasteiger partial charge is 0.398 e. The fraction of sp³-hybridized carbons (Fsp3) is 0.250. The molecule has 0 aliphatic carbocycles. The van der Waals surface area contributed by atoms with Crippen LogP contribution in [0.15, 0.2) is 47.4 Å². The Morgan fingerprint density at radius 2 is 1.80 bits per heavy atom. The molecule has 1 unspecified atom stereocenters. The van der Waals surface area contributed by atoms with Crippen molar-refractivity contribution in [3.05, 3.63) is 58.6 Å². The standard InChI is InChI=1S/C16H18ClNOS/c1-11(2)13-5-3-12(4-6-13)10-20(19)14-7-8-16(18)15(17)9-14/h3-9,11H,10,18H2,1-2H3. The Bertz CT molecular complexity index is 623. The Morgan fingerprint density at radius 3 is 2.35 bits per heavy atom. The Labute approximate surface area is 127 Å². The molecule has 0 amide bonds. The Hall–Kier alpha value is -1.32. The Kier molecular flexibility index (Phi) is 4.84. The van der Waals surface area contributed by atoms with E-state index >= 15 is 0 Å². The van der Waals surface area contributed by atoms with E-state index in [9.17, 15) is 4.21 Å². The topological polar surface area (TPSA) is 43.1 Å². The SMILES string of the molecule is CC(C)c1ccc(CS(=O)c2ccc(N)c(Cl)c2)cc1. The molecule has 2 aromatic carbocycles. The van der Waals surface area contributed by atoms with Crippen molar-refractivity contribution in [2.75, 3.05) is 5.73 Å². The van der Waals surface area contributed by atoms with E-state index in [4.69, 9.17) is 17.3 Å². The molecule has 0 saturated heterocycles. The zero-order valence-electron chi connectivity index (χ0n) is 11.6. The van der Waals surface area contributed by atoms with E-state index in [2.05, 4.69) is 26.0 Å². The third-order valence-electron chi connectivity index (χ3n) is 3.18. The van der Waals surface area contributed by atoms with Gasteiger partial charge < -0.3 is 5.73 Å². The van der Waals surface area contributed by atoms with E-state index < -0.39 is 10.8 Å². The lowest BCUT2D eigenvalue weighted by Gasteiger charge is -2.08. The van der Waals surface area contributed by atoms with E-state index in [1.54, 1.807) is 18.2 Å². The molecule has 2 rings (SSSR count). The normalized spacial score (nSPS) is 12.6. The lowest BCUT2D eigenvalue weighted by molar-refractivity contribution is 0.682. The molecule has 0 aromatic heterocycles. The smallest absolute Gasteiger partial charge is 0.0647 e. The average Bonchev–Trinajstić information content (AvgIpc) is 2.42. The Morgan fingerprint density at radius 1 is 1.15 bits per heavy atom. The van der Waals surface area contributed by atoms with Crippen molar-refractivity contribution in [3.8, 4) is 0 Å². The van der Waals surface area contributed by atoms with Crippen LogP contribution < -0.4 is 5.73 Å². The molecule has 0 heterocycles. The first-order valence-corrected chi connectivity index (χ1v) is 8.19. The maximum atomic E-state index is 12.3. The third-order valence-corrected chi connectivity index (χ3v) is 4.88. The van der Waals surface area contributed by atoms with E-state index in [0.29, 0.717) is 27.3 Å². The van der Waals surface area contributed by atoms with Crippen LogP contribution in [0.2, 0.25) is 5.02 Å². The second-order valence-electron chi connectivity index (χ2n) is 5.07. The maximum absolute atomic E-state index is 12.3. The predicted octanol–water partition coefficient (Wildman–Crippen LogP) is 4.35. The minimum absolute atomic E-state index is 0.450. The first-order chi connectivity index (χ1) is 9.47. The summed E-state index contributed by atoms with van der Waals surface area (Å²) in [5.41, 5.74) is 8.51. The summed E-state index contributed by atoms with van der Waals surface area (Å²) >= 11 is 5.96. The van der Waals surface area contributed by atoms with Crippen molar-refractivity contribution < 1.29 is 4.21 Å². The average molecular weight is 308 g/mol. The molecule has 2 nitrogen and oxygen atoms in total. The first kappa shape index (κ1) is 15.1. The van der Waals surface area contributed by atoms with Crippen molar-refractivity contribution in [2.24, 2.45) is 0 Å². The van der Waals surface area contributed by atoms with E-state index in [-0.39, 0.29) is 0 Å². The van der Waals surface area contributed by atoms with Crippen molar-refractivity contribution >= 4 is 28.1 Å². The zero-order valence-corrected chi connectivity index (χ0v) is 13.2. The Balaban J connectivity index is 2.12. The van der Waals surface area contributed by atoms with Gasteiger partial charge in [-0.3, -0.25) is 4.21 Å². The highest BCUT2D eigenvalue weighted by Gasteiger charge is 2.08. The number of benzene rings is 2. The summed E-state index contributed by atoms with van der Waals surface area (Å²) in [5, 5.41) is 0.450. The molecular weight excluding hydrogens is 290 g/mol. The number of halogens is 1. The highest BCUT2D eigenvalue weighted by atomic mass is 35.5. The van der Waals surface area contributed by atoms with E-state index in [1.807, 2.05) is 12.1 Å². The van der Waals surface area contributed by atoms with Gasteiger partial charge in [-0.2, -0.15) is 0 Å². The fourth-order valence-corrected chi connectivity index (χ4v) is 3.26. The molecule has 0 radical (unpaired) electrons. The number of rotatable bonds is 4. The number of hydrogen-bond donors (Lipinski definition) is 1. The van der Waals surface area contributed by atoms with Gasteiger partial charge in [0.2, 0.25) is 0 Å². The lowest BCUT2D eigenvalue weighted by atomic mass is 10.0. The van der Waals surface area contributed by atoms with Crippen LogP contribution in [0.4, 0.5) is 5.69 Å². The molecule has 2 N–H and O–H groups in total. The second kappa shape index (κ2) is 6.42.